The maximum atomic E-state index is 12.7. The summed E-state index contributed by atoms with van der Waals surface area (Å²) in [6.45, 7) is 4.89. The predicted molar refractivity (Wildman–Crippen MR) is 127 cm³/mol. The molecule has 3 nitrogen and oxygen atoms in total. The summed E-state index contributed by atoms with van der Waals surface area (Å²) in [6.07, 6.45) is 9.21. The molecule has 0 amide bonds. The Morgan fingerprint density at radius 3 is 2.61 bits per heavy atom. The zero-order valence-corrected chi connectivity index (χ0v) is 20.5. The predicted octanol–water partition coefficient (Wildman–Crippen LogP) is 6.38. The Bertz CT molecular complexity index is 1060. The molecule has 3 saturated carbocycles. The molecule has 0 radical (unpaired) electrons. The van der Waals surface area contributed by atoms with Gasteiger partial charge in [-0.15, -0.1) is 0 Å². The third-order valence-corrected chi connectivity index (χ3v) is 10.6. The molecule has 1 aromatic heterocycles. The minimum Gasteiger partial charge on any atom is -0.299 e. The number of hydrogen-bond donors (Lipinski definition) is 0. The van der Waals surface area contributed by atoms with Crippen LogP contribution in [0.4, 0.5) is 0 Å². The van der Waals surface area contributed by atoms with Crippen molar-refractivity contribution in [1.29, 1.82) is 0 Å². The second kappa shape index (κ2) is 6.79. The summed E-state index contributed by atoms with van der Waals surface area (Å²) in [5.41, 5.74) is 5.70. The van der Waals surface area contributed by atoms with Gasteiger partial charge in [0.2, 0.25) is 0 Å². The Kier molecular flexibility index (Phi) is 4.43. The highest BCUT2D eigenvalue weighted by Gasteiger charge is 2.60. The third kappa shape index (κ3) is 2.76. The van der Waals surface area contributed by atoms with Crippen LogP contribution in [-0.2, 0) is 24.7 Å². The Labute approximate surface area is 194 Å². The zero-order valence-electron chi connectivity index (χ0n) is 19.0. The van der Waals surface area contributed by atoms with E-state index in [1.165, 1.54) is 41.8 Å². The van der Waals surface area contributed by atoms with Crippen LogP contribution in [-0.4, -0.2) is 15.6 Å². The van der Waals surface area contributed by atoms with Crippen LogP contribution in [0, 0.1) is 34.5 Å². The van der Waals surface area contributed by atoms with Gasteiger partial charge in [-0.3, -0.25) is 9.48 Å². The summed E-state index contributed by atoms with van der Waals surface area (Å²) in [6, 6.07) is 8.71. The van der Waals surface area contributed by atoms with Gasteiger partial charge in [-0.05, 0) is 86.2 Å². The summed E-state index contributed by atoms with van der Waals surface area (Å²) < 4.78 is 3.24. The molecule has 0 bridgehead atoms. The number of ketones is 1. The average molecular weight is 481 g/mol. The van der Waals surface area contributed by atoms with Crippen LogP contribution in [0.5, 0.6) is 0 Å². The van der Waals surface area contributed by atoms with Gasteiger partial charge in [0.1, 0.15) is 5.78 Å². The molecule has 1 aromatic carbocycles. The minimum atomic E-state index is -0.0267. The number of nitrogens with zero attached hydrogens (tertiary/aromatic N) is 2. The van der Waals surface area contributed by atoms with E-state index in [1.807, 2.05) is 0 Å². The number of aryl methyl sites for hydroxylation is 1. The van der Waals surface area contributed by atoms with Gasteiger partial charge in [-0.2, -0.15) is 5.10 Å². The van der Waals surface area contributed by atoms with Gasteiger partial charge < -0.3 is 0 Å². The SMILES string of the molecule is Cn1nc2c(c1-c1ccc(Br)cc1)C[C@@]1(C)[C@@H](CC[C@@H]3[C@@H]1CC[C@]1(C)C(=O)CC[C@@H]31)C2. The second-order valence-corrected chi connectivity index (χ2v) is 12.3. The largest absolute Gasteiger partial charge is 0.299 e. The van der Waals surface area contributed by atoms with Crippen LogP contribution in [0.15, 0.2) is 28.7 Å². The van der Waals surface area contributed by atoms with Crippen LogP contribution in [0.25, 0.3) is 11.3 Å². The number of aromatic nitrogens is 2. The highest BCUT2D eigenvalue weighted by atomic mass is 79.9. The summed E-state index contributed by atoms with van der Waals surface area (Å²) in [5.74, 6) is 3.40. The van der Waals surface area contributed by atoms with Gasteiger partial charge in [-0.1, -0.05) is 41.9 Å². The van der Waals surface area contributed by atoms with Gasteiger partial charge in [0.25, 0.3) is 0 Å². The molecule has 6 atom stereocenters. The van der Waals surface area contributed by atoms with E-state index < -0.39 is 0 Å². The van der Waals surface area contributed by atoms with Crippen LogP contribution in [0.2, 0.25) is 0 Å². The molecule has 31 heavy (non-hydrogen) atoms. The van der Waals surface area contributed by atoms with Crippen LogP contribution in [0.1, 0.15) is 63.6 Å². The first-order valence-electron chi connectivity index (χ1n) is 12.2. The molecule has 3 fully saturated rings. The summed E-state index contributed by atoms with van der Waals surface area (Å²) >= 11 is 3.58. The average Bonchev–Trinajstić information content (AvgIpc) is 3.22. The number of halogens is 1. The van der Waals surface area contributed by atoms with E-state index in [9.17, 15) is 4.79 Å². The molecule has 1 heterocycles. The summed E-state index contributed by atoms with van der Waals surface area (Å²) in [5, 5.41) is 5.01. The highest BCUT2D eigenvalue weighted by Crippen LogP contribution is 2.65. The number of carbonyl (C=O) groups excluding carboxylic acids is 1. The van der Waals surface area contributed by atoms with E-state index in [4.69, 9.17) is 5.10 Å². The molecular formula is C27H33BrN2O. The Morgan fingerprint density at radius 2 is 1.84 bits per heavy atom. The Morgan fingerprint density at radius 1 is 1.06 bits per heavy atom. The van der Waals surface area contributed by atoms with Crippen molar-refractivity contribution in [3.05, 3.63) is 40.0 Å². The molecule has 4 aliphatic rings. The maximum absolute atomic E-state index is 12.7. The molecule has 164 valence electrons. The molecule has 6 rings (SSSR count). The summed E-state index contributed by atoms with van der Waals surface area (Å²) in [7, 11) is 2.11. The lowest BCUT2D eigenvalue weighted by Crippen LogP contribution is -2.54. The number of Topliss-reactive ketones (excluding diaryl/α,β-unsaturated/α-hetero) is 1. The molecule has 2 aromatic rings. The van der Waals surface area contributed by atoms with E-state index in [0.717, 1.165) is 54.3 Å². The fraction of sp³-hybridized carbons (Fsp3) is 0.630. The van der Waals surface area contributed by atoms with E-state index in [0.29, 0.717) is 17.1 Å². The first-order chi connectivity index (χ1) is 14.8. The normalized spacial score (nSPS) is 38.9. The molecule has 4 aliphatic carbocycles. The van der Waals surface area contributed by atoms with E-state index in [2.05, 4.69) is 65.8 Å². The summed E-state index contributed by atoms with van der Waals surface area (Å²) in [4.78, 5) is 12.7. The fourth-order valence-electron chi connectivity index (χ4n) is 8.47. The lowest BCUT2D eigenvalue weighted by Gasteiger charge is -2.59. The molecule has 0 spiro atoms. The van der Waals surface area contributed by atoms with Crippen molar-refractivity contribution in [3.8, 4) is 11.3 Å². The third-order valence-electron chi connectivity index (χ3n) is 10.1. The van der Waals surface area contributed by atoms with Crippen LogP contribution in [0.3, 0.4) is 0 Å². The first kappa shape index (κ1) is 20.2. The molecule has 0 saturated heterocycles. The quantitative estimate of drug-likeness (QED) is 0.474. The second-order valence-electron chi connectivity index (χ2n) is 11.4. The molecule has 0 unspecified atom stereocenters. The van der Waals surface area contributed by atoms with Gasteiger partial charge >= 0.3 is 0 Å². The van der Waals surface area contributed by atoms with Crippen LogP contribution < -0.4 is 0 Å². The minimum absolute atomic E-state index is 0.0267. The van der Waals surface area contributed by atoms with Gasteiger partial charge in [0.15, 0.2) is 0 Å². The molecule has 4 heteroatoms. The standard InChI is InChI=1S/C27H33BrN2O/c1-26-13-12-22-19(21(26)10-11-24(26)31)9-6-17-14-23-20(15-27(17,22)2)25(30(3)29-23)16-4-7-18(28)8-5-16/h4-5,7-8,17,19,21-22H,6,9-15H2,1-3H3/t17-,19-,21-,22-,26-,27-/m0/s1. The van der Waals surface area contributed by atoms with E-state index in [1.54, 1.807) is 0 Å². The van der Waals surface area contributed by atoms with Crippen molar-refractivity contribution in [2.75, 3.05) is 0 Å². The topological polar surface area (TPSA) is 34.9 Å². The number of carbonyl (C=O) groups is 1. The lowest BCUT2D eigenvalue weighted by molar-refractivity contribution is -0.136. The Hall–Kier alpha value is -1.42. The van der Waals surface area contributed by atoms with Gasteiger partial charge in [0, 0.05) is 34.5 Å². The Balaban J connectivity index is 1.39. The smallest absolute Gasteiger partial charge is 0.139 e. The zero-order chi connectivity index (χ0) is 21.5. The fourth-order valence-corrected chi connectivity index (χ4v) is 8.74. The molecular weight excluding hydrogens is 448 g/mol. The van der Waals surface area contributed by atoms with Gasteiger partial charge in [-0.25, -0.2) is 0 Å². The van der Waals surface area contributed by atoms with Crippen molar-refractivity contribution in [1.82, 2.24) is 9.78 Å². The number of rotatable bonds is 1. The van der Waals surface area contributed by atoms with Crippen molar-refractivity contribution < 1.29 is 4.79 Å². The number of benzene rings is 1. The highest BCUT2D eigenvalue weighted by molar-refractivity contribution is 9.10. The van der Waals surface area contributed by atoms with E-state index in [-0.39, 0.29) is 5.41 Å². The van der Waals surface area contributed by atoms with Crippen molar-refractivity contribution in [2.24, 2.45) is 41.5 Å². The lowest BCUT2D eigenvalue weighted by atomic mass is 9.45. The monoisotopic (exact) mass is 480 g/mol. The maximum Gasteiger partial charge on any atom is 0.139 e. The van der Waals surface area contributed by atoms with E-state index >= 15 is 0 Å². The van der Waals surface area contributed by atoms with Crippen LogP contribution >= 0.6 is 15.9 Å². The first-order valence-corrected chi connectivity index (χ1v) is 12.9. The van der Waals surface area contributed by atoms with Crippen molar-refractivity contribution in [3.63, 3.8) is 0 Å². The van der Waals surface area contributed by atoms with Gasteiger partial charge in [0.05, 0.1) is 11.4 Å². The molecule has 0 aliphatic heterocycles. The number of hydrogen-bond acceptors (Lipinski definition) is 2. The van der Waals surface area contributed by atoms with Crippen molar-refractivity contribution >= 4 is 21.7 Å². The van der Waals surface area contributed by atoms with Crippen molar-refractivity contribution in [2.45, 2.75) is 65.2 Å². The molecule has 0 N–H and O–H groups in total. The number of fused-ring (bicyclic) bond motifs is 6.